The van der Waals surface area contributed by atoms with Crippen LogP contribution in [0.4, 0.5) is 0 Å². The summed E-state index contributed by atoms with van der Waals surface area (Å²) in [7, 11) is -2.99. The largest absolute Gasteiger partial charge is 0.314 e. The number of piperazine rings is 1. The quantitative estimate of drug-likeness (QED) is 0.700. The van der Waals surface area contributed by atoms with E-state index in [4.69, 9.17) is 0 Å². The second-order valence-corrected chi connectivity index (χ2v) is 5.84. The molecule has 0 atom stereocenters. The topological polar surface area (TPSA) is 49.4 Å². The molecule has 0 aromatic heterocycles. The van der Waals surface area contributed by atoms with Gasteiger partial charge in [-0.1, -0.05) is 13.8 Å². The predicted octanol–water partition coefficient (Wildman–Crippen LogP) is -0.123. The van der Waals surface area contributed by atoms with E-state index in [1.54, 1.807) is 4.31 Å². The smallest absolute Gasteiger partial charge is 0.214 e. The summed E-state index contributed by atoms with van der Waals surface area (Å²) in [6.07, 6.45) is 0. The van der Waals surface area contributed by atoms with Crippen LogP contribution in [0.1, 0.15) is 13.8 Å². The zero-order chi connectivity index (χ0) is 9.90. The maximum Gasteiger partial charge on any atom is 0.214 e. The molecule has 1 aliphatic heterocycles. The Morgan fingerprint density at radius 2 is 1.85 bits per heavy atom. The number of nitrogens with zero attached hydrogens (tertiary/aromatic N) is 1. The lowest BCUT2D eigenvalue weighted by atomic mass is 10.3. The monoisotopic (exact) mass is 206 g/mol. The minimum absolute atomic E-state index is 0.208. The van der Waals surface area contributed by atoms with Crippen LogP contribution < -0.4 is 5.32 Å². The fourth-order valence-electron chi connectivity index (χ4n) is 1.45. The Hall–Kier alpha value is -0.130. The molecule has 0 saturated carbocycles. The molecule has 0 radical (unpaired) electrons. The number of nitrogens with one attached hydrogen (secondary N) is 1. The Balaban J connectivity index is 2.57. The third kappa shape index (κ3) is 3.25. The van der Waals surface area contributed by atoms with Crippen LogP contribution in [0.3, 0.4) is 0 Å². The molecule has 0 aromatic carbocycles. The first-order chi connectivity index (χ1) is 6.02. The van der Waals surface area contributed by atoms with Crippen molar-refractivity contribution in [3.63, 3.8) is 0 Å². The van der Waals surface area contributed by atoms with Crippen LogP contribution in [0.25, 0.3) is 0 Å². The highest BCUT2D eigenvalue weighted by atomic mass is 32.2. The summed E-state index contributed by atoms with van der Waals surface area (Å²) in [6.45, 7) is 6.65. The molecule has 1 saturated heterocycles. The molecule has 1 N–H and O–H groups in total. The molecule has 1 aliphatic rings. The summed E-state index contributed by atoms with van der Waals surface area (Å²) in [5.41, 5.74) is 0. The van der Waals surface area contributed by atoms with Crippen molar-refractivity contribution in [3.8, 4) is 0 Å². The molecule has 0 unspecified atom stereocenters. The van der Waals surface area contributed by atoms with Crippen LogP contribution in [-0.4, -0.2) is 44.7 Å². The fraction of sp³-hybridized carbons (Fsp3) is 1.00. The van der Waals surface area contributed by atoms with E-state index in [1.807, 2.05) is 13.8 Å². The molecule has 0 bridgehead atoms. The average Bonchev–Trinajstić information content (AvgIpc) is 2.04. The van der Waals surface area contributed by atoms with Gasteiger partial charge in [0.25, 0.3) is 0 Å². The summed E-state index contributed by atoms with van der Waals surface area (Å²) < 4.78 is 25.0. The van der Waals surface area contributed by atoms with Crippen LogP contribution in [0.2, 0.25) is 0 Å². The van der Waals surface area contributed by atoms with E-state index >= 15 is 0 Å². The third-order valence-electron chi connectivity index (χ3n) is 2.01. The first-order valence-corrected chi connectivity index (χ1v) is 6.32. The van der Waals surface area contributed by atoms with Gasteiger partial charge in [-0.15, -0.1) is 0 Å². The SMILES string of the molecule is CC(C)CS(=O)(=O)N1CCNCC1. The highest BCUT2D eigenvalue weighted by molar-refractivity contribution is 7.89. The number of hydrogen-bond donors (Lipinski definition) is 1. The van der Waals surface area contributed by atoms with Gasteiger partial charge < -0.3 is 5.32 Å². The van der Waals surface area contributed by atoms with Gasteiger partial charge in [-0.3, -0.25) is 0 Å². The third-order valence-corrected chi connectivity index (χ3v) is 4.25. The number of rotatable bonds is 3. The molecular weight excluding hydrogens is 188 g/mol. The minimum atomic E-state index is -2.99. The molecule has 4 nitrogen and oxygen atoms in total. The maximum absolute atomic E-state index is 11.7. The van der Waals surface area contributed by atoms with Gasteiger partial charge in [-0.25, -0.2) is 8.42 Å². The van der Waals surface area contributed by atoms with Crippen molar-refractivity contribution in [3.05, 3.63) is 0 Å². The van der Waals surface area contributed by atoms with Crippen LogP contribution in [0, 0.1) is 5.92 Å². The second kappa shape index (κ2) is 4.39. The number of sulfonamides is 1. The first kappa shape index (κ1) is 10.9. The average molecular weight is 206 g/mol. The maximum atomic E-state index is 11.7. The first-order valence-electron chi connectivity index (χ1n) is 4.71. The van der Waals surface area contributed by atoms with Crippen molar-refractivity contribution in [1.29, 1.82) is 0 Å². The lowest BCUT2D eigenvalue weighted by Gasteiger charge is -2.27. The summed E-state index contributed by atoms with van der Waals surface area (Å²) in [6, 6.07) is 0. The minimum Gasteiger partial charge on any atom is -0.314 e. The van der Waals surface area contributed by atoms with Gasteiger partial charge in [-0.2, -0.15) is 4.31 Å². The molecule has 13 heavy (non-hydrogen) atoms. The molecule has 1 heterocycles. The molecule has 0 spiro atoms. The predicted molar refractivity (Wildman–Crippen MR) is 53.1 cm³/mol. The Bertz CT molecular complexity index is 243. The van der Waals surface area contributed by atoms with Gasteiger partial charge in [0.05, 0.1) is 5.75 Å². The molecule has 1 fully saturated rings. The zero-order valence-electron chi connectivity index (χ0n) is 8.28. The Morgan fingerprint density at radius 1 is 1.31 bits per heavy atom. The Morgan fingerprint density at radius 3 is 2.31 bits per heavy atom. The summed E-state index contributed by atoms with van der Waals surface area (Å²) in [4.78, 5) is 0. The van der Waals surface area contributed by atoms with Gasteiger partial charge in [0, 0.05) is 26.2 Å². The van der Waals surface area contributed by atoms with Crippen molar-refractivity contribution in [2.24, 2.45) is 5.92 Å². The molecule has 78 valence electrons. The normalized spacial score (nSPS) is 20.8. The Kier molecular flexibility index (Phi) is 3.70. The van der Waals surface area contributed by atoms with E-state index in [0.29, 0.717) is 13.1 Å². The van der Waals surface area contributed by atoms with Crippen molar-refractivity contribution in [2.45, 2.75) is 13.8 Å². The summed E-state index contributed by atoms with van der Waals surface area (Å²) >= 11 is 0. The van der Waals surface area contributed by atoms with Crippen molar-refractivity contribution < 1.29 is 8.42 Å². The Labute approximate surface area is 80.4 Å². The van der Waals surface area contributed by atoms with Gasteiger partial charge in [0.15, 0.2) is 0 Å². The van der Waals surface area contributed by atoms with E-state index in [9.17, 15) is 8.42 Å². The van der Waals surface area contributed by atoms with Crippen LogP contribution >= 0.6 is 0 Å². The summed E-state index contributed by atoms with van der Waals surface area (Å²) in [5, 5.41) is 3.13. The standard InChI is InChI=1S/C8H18N2O2S/c1-8(2)7-13(11,12)10-5-3-9-4-6-10/h8-9H,3-7H2,1-2H3. The van der Waals surface area contributed by atoms with E-state index in [2.05, 4.69) is 5.32 Å². The van der Waals surface area contributed by atoms with Gasteiger partial charge in [0.1, 0.15) is 0 Å². The zero-order valence-corrected chi connectivity index (χ0v) is 9.10. The highest BCUT2D eigenvalue weighted by Crippen LogP contribution is 2.07. The van der Waals surface area contributed by atoms with Gasteiger partial charge in [-0.05, 0) is 5.92 Å². The molecule has 0 amide bonds. The van der Waals surface area contributed by atoms with Crippen LogP contribution in [0.15, 0.2) is 0 Å². The molecule has 0 aliphatic carbocycles. The fourth-order valence-corrected chi connectivity index (χ4v) is 3.24. The van der Waals surface area contributed by atoms with Crippen LogP contribution in [-0.2, 0) is 10.0 Å². The van der Waals surface area contributed by atoms with E-state index in [1.165, 1.54) is 0 Å². The van der Waals surface area contributed by atoms with E-state index < -0.39 is 10.0 Å². The summed E-state index contributed by atoms with van der Waals surface area (Å²) in [5.74, 6) is 0.479. The van der Waals surface area contributed by atoms with Gasteiger partial charge in [0.2, 0.25) is 10.0 Å². The highest BCUT2D eigenvalue weighted by Gasteiger charge is 2.24. The van der Waals surface area contributed by atoms with Crippen LogP contribution in [0.5, 0.6) is 0 Å². The van der Waals surface area contributed by atoms with Crippen molar-refractivity contribution in [2.75, 3.05) is 31.9 Å². The molecular formula is C8H18N2O2S. The molecule has 5 heteroatoms. The second-order valence-electron chi connectivity index (χ2n) is 3.82. The van der Waals surface area contributed by atoms with Gasteiger partial charge >= 0.3 is 0 Å². The lowest BCUT2D eigenvalue weighted by molar-refractivity contribution is 0.358. The lowest BCUT2D eigenvalue weighted by Crippen LogP contribution is -2.47. The molecule has 0 aromatic rings. The van der Waals surface area contributed by atoms with E-state index in [0.717, 1.165) is 13.1 Å². The van der Waals surface area contributed by atoms with Crippen molar-refractivity contribution in [1.82, 2.24) is 9.62 Å². The molecule has 1 rings (SSSR count). The number of hydrogen-bond acceptors (Lipinski definition) is 3. The van der Waals surface area contributed by atoms with E-state index in [-0.39, 0.29) is 11.7 Å². The van der Waals surface area contributed by atoms with Crippen molar-refractivity contribution >= 4 is 10.0 Å².